The minimum atomic E-state index is -0.0359. The fraction of sp³-hybridized carbons (Fsp3) is 0.0962. The predicted molar refractivity (Wildman–Crippen MR) is 231 cm³/mol. The lowest BCUT2D eigenvalue weighted by Crippen LogP contribution is -2.16. The van der Waals surface area contributed by atoms with E-state index in [0.29, 0.717) is 0 Å². The van der Waals surface area contributed by atoms with Crippen molar-refractivity contribution in [2.45, 2.75) is 33.1 Å². The van der Waals surface area contributed by atoms with Gasteiger partial charge in [-0.05, 0) is 85.1 Å². The molecule has 0 aromatic heterocycles. The second kappa shape index (κ2) is 13.7. The van der Waals surface area contributed by atoms with Gasteiger partial charge in [-0.15, -0.1) is 0 Å². The molecule has 53 heavy (non-hydrogen) atoms. The number of hydrogen-bond donors (Lipinski definition) is 0. The van der Waals surface area contributed by atoms with Crippen LogP contribution in [-0.2, 0) is 5.41 Å². The van der Waals surface area contributed by atoms with Crippen LogP contribution < -0.4 is 0 Å². The number of fused-ring (bicyclic) bond motifs is 6. The molecule has 1 aliphatic rings. The third kappa shape index (κ3) is 5.99. The summed E-state index contributed by atoms with van der Waals surface area (Å²) < 4.78 is 0. The molecule has 8 aromatic rings. The number of benzene rings is 8. The van der Waals surface area contributed by atoms with Gasteiger partial charge in [0.2, 0.25) is 0 Å². The van der Waals surface area contributed by atoms with Gasteiger partial charge in [0.25, 0.3) is 0 Å². The first-order valence-corrected chi connectivity index (χ1v) is 18.4. The van der Waals surface area contributed by atoms with Crippen molar-refractivity contribution >= 4 is 49.3 Å². The zero-order valence-corrected chi connectivity index (χ0v) is 30.9. The van der Waals surface area contributed by atoms with Crippen molar-refractivity contribution in [1.29, 1.82) is 0 Å². The molecule has 0 unspecified atom stereocenters. The van der Waals surface area contributed by atoms with Crippen molar-refractivity contribution in [2.75, 3.05) is 0 Å². The number of aliphatic imine (C=N–C) groups is 1. The third-order valence-electron chi connectivity index (χ3n) is 10.8. The maximum absolute atomic E-state index is 4.84. The van der Waals surface area contributed by atoms with E-state index in [-0.39, 0.29) is 5.41 Å². The maximum Gasteiger partial charge on any atom is 0.0639 e. The quantitative estimate of drug-likeness (QED) is 0.160. The summed E-state index contributed by atoms with van der Waals surface area (Å²) in [4.78, 5) is 4.84. The maximum atomic E-state index is 4.84. The number of allylic oxidation sites excluding steroid dienone is 1. The molecule has 0 N–H and O–H groups in total. The average Bonchev–Trinajstić information content (AvgIpc) is 3.43. The van der Waals surface area contributed by atoms with E-state index in [4.69, 9.17) is 4.99 Å². The van der Waals surface area contributed by atoms with Gasteiger partial charge in [-0.2, -0.15) is 0 Å². The Kier molecular flexibility index (Phi) is 8.72. The van der Waals surface area contributed by atoms with Gasteiger partial charge < -0.3 is 0 Å². The van der Waals surface area contributed by atoms with Crippen molar-refractivity contribution in [3.05, 3.63) is 205 Å². The highest BCUT2D eigenvalue weighted by Gasteiger charge is 2.37. The third-order valence-corrected chi connectivity index (χ3v) is 10.8. The van der Waals surface area contributed by atoms with Crippen LogP contribution in [0.25, 0.3) is 65.8 Å². The highest BCUT2D eigenvalue weighted by molar-refractivity contribution is 6.12. The molecule has 1 aliphatic carbocycles. The van der Waals surface area contributed by atoms with Crippen LogP contribution in [0.4, 0.5) is 0 Å². The second-order valence-corrected chi connectivity index (χ2v) is 14.6. The molecular weight excluding hydrogens is 639 g/mol. The van der Waals surface area contributed by atoms with Gasteiger partial charge in [-0.3, -0.25) is 4.99 Å². The molecule has 0 amide bonds. The fourth-order valence-corrected chi connectivity index (χ4v) is 8.31. The number of rotatable bonds is 5. The van der Waals surface area contributed by atoms with Crippen LogP contribution in [0.5, 0.6) is 0 Å². The van der Waals surface area contributed by atoms with Crippen LogP contribution in [0.3, 0.4) is 0 Å². The van der Waals surface area contributed by atoms with Crippen molar-refractivity contribution in [1.82, 2.24) is 0 Å². The Morgan fingerprint density at radius 2 is 0.943 bits per heavy atom. The molecule has 0 bridgehead atoms. The summed E-state index contributed by atoms with van der Waals surface area (Å²) in [6.07, 6.45) is 0. The molecule has 1 heteroatoms. The molecule has 256 valence electrons. The topological polar surface area (TPSA) is 12.4 Å². The predicted octanol–water partition coefficient (Wildman–Crippen LogP) is 14.3. The molecule has 0 spiro atoms. The highest BCUT2D eigenvalue weighted by Crippen LogP contribution is 2.53. The molecule has 0 fully saturated rings. The van der Waals surface area contributed by atoms with Crippen LogP contribution >= 0.6 is 0 Å². The number of hydrogen-bond acceptors (Lipinski definition) is 1. The Balaban J connectivity index is 0.000000152. The van der Waals surface area contributed by atoms with Gasteiger partial charge in [0.05, 0.1) is 5.70 Å². The summed E-state index contributed by atoms with van der Waals surface area (Å²) in [5, 5.41) is 7.41. The Bertz CT molecular complexity index is 2750. The molecule has 0 aliphatic heterocycles. The molecule has 9 rings (SSSR count). The lowest BCUT2D eigenvalue weighted by atomic mass is 9.77. The molecule has 0 atom stereocenters. The van der Waals surface area contributed by atoms with Gasteiger partial charge in [0.15, 0.2) is 0 Å². The molecule has 0 saturated heterocycles. The average molecular weight is 682 g/mol. The summed E-state index contributed by atoms with van der Waals surface area (Å²) in [6.45, 7) is 17.4. The summed E-state index contributed by atoms with van der Waals surface area (Å²) in [5.74, 6) is 0. The van der Waals surface area contributed by atoms with Crippen molar-refractivity contribution in [3.8, 4) is 22.3 Å². The second-order valence-electron chi connectivity index (χ2n) is 14.6. The van der Waals surface area contributed by atoms with Gasteiger partial charge in [0, 0.05) is 22.3 Å². The van der Waals surface area contributed by atoms with Crippen LogP contribution in [0.15, 0.2) is 182 Å². The summed E-state index contributed by atoms with van der Waals surface area (Å²) in [5.41, 5.74) is 14.5. The minimum absolute atomic E-state index is 0.0359. The van der Waals surface area contributed by atoms with Crippen molar-refractivity contribution in [2.24, 2.45) is 4.99 Å². The normalized spacial score (nSPS) is 12.9. The smallest absolute Gasteiger partial charge is 0.0639 e. The summed E-state index contributed by atoms with van der Waals surface area (Å²) in [6, 6.07) is 58.1. The molecule has 0 saturated carbocycles. The van der Waals surface area contributed by atoms with Crippen LogP contribution in [0.1, 0.15) is 55.5 Å². The van der Waals surface area contributed by atoms with Gasteiger partial charge >= 0.3 is 0 Å². The van der Waals surface area contributed by atoms with E-state index in [2.05, 4.69) is 205 Å². The molecular formula is C52H43N. The first kappa shape index (κ1) is 33.8. The van der Waals surface area contributed by atoms with Crippen LogP contribution in [0.2, 0.25) is 0 Å². The van der Waals surface area contributed by atoms with Gasteiger partial charge in [-0.25, -0.2) is 0 Å². The van der Waals surface area contributed by atoms with E-state index >= 15 is 0 Å². The van der Waals surface area contributed by atoms with E-state index < -0.39 is 0 Å². The van der Waals surface area contributed by atoms with E-state index in [1.807, 2.05) is 0 Å². The number of nitrogens with zero attached hydrogens (tertiary/aromatic N) is 1. The van der Waals surface area contributed by atoms with Gasteiger partial charge in [-0.1, -0.05) is 196 Å². The zero-order valence-electron chi connectivity index (χ0n) is 30.9. The monoisotopic (exact) mass is 681 g/mol. The van der Waals surface area contributed by atoms with Crippen molar-refractivity contribution in [3.63, 3.8) is 0 Å². The van der Waals surface area contributed by atoms with Crippen molar-refractivity contribution < 1.29 is 0 Å². The highest BCUT2D eigenvalue weighted by atomic mass is 14.8. The first-order chi connectivity index (χ1) is 25.7. The SMILES string of the molecule is C=C(C)c1ccc2ccccc2c1-c1cccc2c1C(C)(C)c1ccccc1-2.C=C(N=C(C)c1cccc2ccccc12)c1cccc2ccccc12. The Morgan fingerprint density at radius 1 is 0.453 bits per heavy atom. The Morgan fingerprint density at radius 3 is 1.62 bits per heavy atom. The van der Waals surface area contributed by atoms with E-state index in [1.165, 1.54) is 71.3 Å². The van der Waals surface area contributed by atoms with Gasteiger partial charge in [0.1, 0.15) is 0 Å². The molecule has 8 aromatic carbocycles. The minimum Gasteiger partial charge on any atom is -0.253 e. The largest absolute Gasteiger partial charge is 0.253 e. The lowest BCUT2D eigenvalue weighted by Gasteiger charge is -2.26. The van der Waals surface area contributed by atoms with Crippen LogP contribution in [0, 0.1) is 0 Å². The lowest BCUT2D eigenvalue weighted by molar-refractivity contribution is 0.662. The molecule has 0 radical (unpaired) electrons. The summed E-state index contributed by atoms with van der Waals surface area (Å²) >= 11 is 0. The fourth-order valence-electron chi connectivity index (χ4n) is 8.31. The van der Waals surface area contributed by atoms with Crippen LogP contribution in [-0.4, -0.2) is 5.71 Å². The summed E-state index contributed by atoms with van der Waals surface area (Å²) in [7, 11) is 0. The standard InChI is InChI=1S/C28H24.C24H19N/c1-18(2)20-17-16-19-10-5-6-11-21(19)26(20)24-14-9-13-23-22-12-7-8-15-25(22)28(3,4)27(23)24;1-17(21-15-7-11-19-9-3-5-13-23(19)21)25-18(2)22-16-8-12-20-10-4-6-14-24(20)22/h5-17H,1H2,2-4H3;3-16H,1H2,2H3. The van der Waals surface area contributed by atoms with E-state index in [1.54, 1.807) is 0 Å². The van der Waals surface area contributed by atoms with E-state index in [0.717, 1.165) is 28.1 Å². The first-order valence-electron chi connectivity index (χ1n) is 18.4. The molecule has 1 nitrogen and oxygen atoms in total. The Hall–Kier alpha value is -6.31. The zero-order chi connectivity index (χ0) is 36.7. The Labute approximate surface area is 313 Å². The molecule has 0 heterocycles. The van der Waals surface area contributed by atoms with E-state index in [9.17, 15) is 0 Å².